The molecule has 0 saturated heterocycles. The van der Waals surface area contributed by atoms with Gasteiger partial charge in [0, 0.05) is 27.5 Å². The Morgan fingerprint density at radius 2 is 0.692 bits per heavy atom. The molecule has 182 valence electrons. The summed E-state index contributed by atoms with van der Waals surface area (Å²) >= 11 is 0. The Morgan fingerprint density at radius 1 is 0.282 bits per heavy atom. The van der Waals surface area contributed by atoms with Crippen LogP contribution in [0.5, 0.6) is 0 Å². The third-order valence-electron chi connectivity index (χ3n) is 7.87. The second kappa shape index (κ2) is 8.72. The van der Waals surface area contributed by atoms with E-state index in [0.717, 1.165) is 38.6 Å². The molecule has 1 nitrogen and oxygen atoms in total. The summed E-state index contributed by atoms with van der Waals surface area (Å²) in [5.41, 5.74) is 8.97. The lowest BCUT2D eigenvalue weighted by Gasteiger charge is -2.17. The van der Waals surface area contributed by atoms with E-state index in [2.05, 4.69) is 146 Å². The van der Waals surface area contributed by atoms with Crippen molar-refractivity contribution in [2.75, 3.05) is 0 Å². The molecular formula is C38H24O. The van der Waals surface area contributed by atoms with E-state index >= 15 is 0 Å². The minimum Gasteiger partial charge on any atom is -0.455 e. The van der Waals surface area contributed by atoms with E-state index < -0.39 is 0 Å². The normalized spacial score (nSPS) is 11.6. The first kappa shape index (κ1) is 21.9. The lowest BCUT2D eigenvalue weighted by Crippen LogP contribution is -1.90. The van der Waals surface area contributed by atoms with Crippen LogP contribution in [0.2, 0.25) is 0 Å². The molecule has 8 rings (SSSR count). The van der Waals surface area contributed by atoms with Gasteiger partial charge in [0.2, 0.25) is 0 Å². The van der Waals surface area contributed by atoms with Gasteiger partial charge >= 0.3 is 0 Å². The van der Waals surface area contributed by atoms with E-state index in [-0.39, 0.29) is 0 Å². The number of benzene rings is 7. The molecular weight excluding hydrogens is 472 g/mol. The Labute approximate surface area is 226 Å². The van der Waals surface area contributed by atoms with Crippen molar-refractivity contribution in [1.82, 2.24) is 0 Å². The first-order valence-electron chi connectivity index (χ1n) is 13.4. The van der Waals surface area contributed by atoms with Gasteiger partial charge in [0.15, 0.2) is 0 Å². The number of para-hydroxylation sites is 2. The highest BCUT2D eigenvalue weighted by molar-refractivity contribution is 6.24. The van der Waals surface area contributed by atoms with Gasteiger partial charge in [0.05, 0.1) is 0 Å². The second-order valence-electron chi connectivity index (χ2n) is 10.0. The van der Waals surface area contributed by atoms with Crippen LogP contribution in [0.25, 0.3) is 76.9 Å². The van der Waals surface area contributed by atoms with Crippen LogP contribution in [0.15, 0.2) is 150 Å². The van der Waals surface area contributed by atoms with Gasteiger partial charge in [-0.25, -0.2) is 0 Å². The molecule has 0 radical (unpaired) electrons. The Balaban J connectivity index is 1.51. The Bertz CT molecular complexity index is 2090. The van der Waals surface area contributed by atoms with Crippen molar-refractivity contribution in [3.05, 3.63) is 146 Å². The van der Waals surface area contributed by atoms with Crippen molar-refractivity contribution in [3.8, 4) is 33.4 Å². The lowest BCUT2D eigenvalue weighted by atomic mass is 9.85. The second-order valence-corrected chi connectivity index (χ2v) is 10.0. The van der Waals surface area contributed by atoms with Crippen LogP contribution in [-0.2, 0) is 0 Å². The SMILES string of the molecule is c1ccc(-c2c3ccccc3c(-c3cccc4c3oc3c(-c5ccccc5)cccc34)c3ccccc23)cc1. The van der Waals surface area contributed by atoms with Gasteiger partial charge < -0.3 is 4.42 Å². The van der Waals surface area contributed by atoms with E-state index in [4.69, 9.17) is 4.42 Å². The fourth-order valence-corrected chi connectivity index (χ4v) is 6.20. The third-order valence-corrected chi connectivity index (χ3v) is 7.87. The molecule has 7 aromatic carbocycles. The molecule has 1 heterocycles. The van der Waals surface area contributed by atoms with Crippen molar-refractivity contribution < 1.29 is 4.42 Å². The van der Waals surface area contributed by atoms with E-state index in [9.17, 15) is 0 Å². The minimum absolute atomic E-state index is 0.929. The molecule has 1 heteroatoms. The van der Waals surface area contributed by atoms with Gasteiger partial charge in [-0.1, -0.05) is 146 Å². The highest BCUT2D eigenvalue weighted by Crippen LogP contribution is 2.47. The zero-order chi connectivity index (χ0) is 25.8. The van der Waals surface area contributed by atoms with E-state index in [1.165, 1.54) is 38.2 Å². The van der Waals surface area contributed by atoms with Crippen LogP contribution in [0.4, 0.5) is 0 Å². The predicted molar refractivity (Wildman–Crippen MR) is 165 cm³/mol. The number of hydrogen-bond donors (Lipinski definition) is 0. The summed E-state index contributed by atoms with van der Waals surface area (Å²) in [6.07, 6.45) is 0. The molecule has 0 fully saturated rings. The molecule has 0 N–H and O–H groups in total. The molecule has 0 saturated carbocycles. The number of furan rings is 1. The molecule has 39 heavy (non-hydrogen) atoms. The van der Waals surface area contributed by atoms with Crippen LogP contribution >= 0.6 is 0 Å². The summed E-state index contributed by atoms with van der Waals surface area (Å²) in [7, 11) is 0. The fourth-order valence-electron chi connectivity index (χ4n) is 6.20. The highest BCUT2D eigenvalue weighted by Gasteiger charge is 2.20. The van der Waals surface area contributed by atoms with Gasteiger partial charge in [-0.2, -0.15) is 0 Å². The van der Waals surface area contributed by atoms with Crippen molar-refractivity contribution in [2.45, 2.75) is 0 Å². The summed E-state index contributed by atoms with van der Waals surface area (Å²) in [4.78, 5) is 0. The van der Waals surface area contributed by atoms with Gasteiger partial charge in [0.1, 0.15) is 11.2 Å². The predicted octanol–water partition coefficient (Wildman–Crippen LogP) is 10.9. The third kappa shape index (κ3) is 3.34. The Kier molecular flexibility index (Phi) is 4.89. The van der Waals surface area contributed by atoms with Crippen LogP contribution in [-0.4, -0.2) is 0 Å². The topological polar surface area (TPSA) is 13.1 Å². The number of fused-ring (bicyclic) bond motifs is 5. The van der Waals surface area contributed by atoms with Crippen molar-refractivity contribution in [1.29, 1.82) is 0 Å². The minimum atomic E-state index is 0.929. The van der Waals surface area contributed by atoms with E-state index in [1.807, 2.05) is 0 Å². The largest absolute Gasteiger partial charge is 0.455 e. The molecule has 0 bridgehead atoms. The van der Waals surface area contributed by atoms with Gasteiger partial charge in [-0.3, -0.25) is 0 Å². The van der Waals surface area contributed by atoms with Gasteiger partial charge in [-0.05, 0) is 38.2 Å². The molecule has 8 aromatic rings. The zero-order valence-corrected chi connectivity index (χ0v) is 21.3. The van der Waals surface area contributed by atoms with Crippen molar-refractivity contribution in [3.63, 3.8) is 0 Å². The van der Waals surface area contributed by atoms with Crippen LogP contribution < -0.4 is 0 Å². The maximum Gasteiger partial charge on any atom is 0.143 e. The van der Waals surface area contributed by atoms with Crippen LogP contribution in [0.3, 0.4) is 0 Å². The van der Waals surface area contributed by atoms with Gasteiger partial charge in [0.25, 0.3) is 0 Å². The first-order valence-corrected chi connectivity index (χ1v) is 13.4. The number of rotatable bonds is 3. The lowest BCUT2D eigenvalue weighted by molar-refractivity contribution is 0.671. The monoisotopic (exact) mass is 496 g/mol. The molecule has 1 aromatic heterocycles. The molecule has 0 spiro atoms. The van der Waals surface area contributed by atoms with Crippen molar-refractivity contribution >= 4 is 43.5 Å². The first-order chi connectivity index (χ1) is 19.4. The van der Waals surface area contributed by atoms with E-state index in [0.29, 0.717) is 0 Å². The summed E-state index contributed by atoms with van der Waals surface area (Å²) in [5, 5.41) is 7.23. The molecule has 0 aliphatic carbocycles. The van der Waals surface area contributed by atoms with Crippen LogP contribution in [0, 0.1) is 0 Å². The number of hydrogen-bond acceptors (Lipinski definition) is 1. The molecule has 0 amide bonds. The average molecular weight is 497 g/mol. The van der Waals surface area contributed by atoms with Crippen LogP contribution in [0.1, 0.15) is 0 Å². The summed E-state index contributed by atoms with van der Waals surface area (Å²) < 4.78 is 6.84. The maximum absolute atomic E-state index is 6.84. The smallest absolute Gasteiger partial charge is 0.143 e. The molecule has 0 atom stereocenters. The molecule has 0 aliphatic heterocycles. The quantitative estimate of drug-likeness (QED) is 0.222. The van der Waals surface area contributed by atoms with E-state index in [1.54, 1.807) is 0 Å². The summed E-state index contributed by atoms with van der Waals surface area (Å²) in [6, 6.07) is 51.8. The summed E-state index contributed by atoms with van der Waals surface area (Å²) in [5.74, 6) is 0. The molecule has 0 unspecified atom stereocenters. The Morgan fingerprint density at radius 3 is 1.26 bits per heavy atom. The zero-order valence-electron chi connectivity index (χ0n) is 21.3. The summed E-state index contributed by atoms with van der Waals surface area (Å²) in [6.45, 7) is 0. The maximum atomic E-state index is 6.84. The standard InChI is InChI=1S/C38H24O/c1-3-13-25(14-4-1)27-21-11-22-32-33-23-12-24-34(38(33)39-37(27)32)36-30-19-9-7-17-28(30)35(26-15-5-2-6-16-26)29-18-8-10-20-31(29)36/h1-24H. The molecule has 0 aliphatic rings. The average Bonchev–Trinajstić information content (AvgIpc) is 3.40. The fraction of sp³-hybridized carbons (Fsp3) is 0. The highest BCUT2D eigenvalue weighted by atomic mass is 16.3. The van der Waals surface area contributed by atoms with Crippen molar-refractivity contribution in [2.24, 2.45) is 0 Å². The van der Waals surface area contributed by atoms with Gasteiger partial charge in [-0.15, -0.1) is 0 Å². The Hall–Kier alpha value is -5.14.